The predicted octanol–water partition coefficient (Wildman–Crippen LogP) is 3.18. The molecule has 1 atom stereocenters. The molecule has 0 spiro atoms. The number of nitrogens with zero attached hydrogens (tertiary/aromatic N) is 3. The van der Waals surface area contributed by atoms with E-state index < -0.39 is 0 Å². The number of aryl methyl sites for hydroxylation is 1. The molecule has 1 aliphatic heterocycles. The number of carbonyl (C=O) groups is 1. The zero-order chi connectivity index (χ0) is 17.2. The summed E-state index contributed by atoms with van der Waals surface area (Å²) >= 11 is 1.67. The third-order valence-electron chi connectivity index (χ3n) is 5.26. The second-order valence-corrected chi connectivity index (χ2v) is 7.84. The van der Waals surface area contributed by atoms with Gasteiger partial charge < -0.3 is 9.64 Å². The van der Waals surface area contributed by atoms with Gasteiger partial charge >= 0.3 is 0 Å². The maximum Gasteiger partial charge on any atom is 0.275 e. The standard InChI is InChI=1S/C19H25N3O2S/c1-21-17-7-3-2-6-16(17)18(20-21)19(23)22(11-14-8-10-25-13-14)12-15-5-4-9-24-15/h8,10,13,15H,2-7,9,11-12H2,1H3/t15-/m1/s1. The summed E-state index contributed by atoms with van der Waals surface area (Å²) in [7, 11) is 1.96. The van der Waals surface area contributed by atoms with Crippen LogP contribution in [0.3, 0.4) is 0 Å². The van der Waals surface area contributed by atoms with Crippen molar-refractivity contribution < 1.29 is 9.53 Å². The Kier molecular flexibility index (Phi) is 4.90. The van der Waals surface area contributed by atoms with Gasteiger partial charge in [-0.15, -0.1) is 0 Å². The monoisotopic (exact) mass is 359 g/mol. The highest BCUT2D eigenvalue weighted by molar-refractivity contribution is 7.07. The lowest BCUT2D eigenvalue weighted by molar-refractivity contribution is 0.0501. The number of hydrogen-bond acceptors (Lipinski definition) is 4. The quantitative estimate of drug-likeness (QED) is 0.824. The van der Waals surface area contributed by atoms with E-state index in [2.05, 4.69) is 21.9 Å². The Hall–Kier alpha value is -1.66. The predicted molar refractivity (Wildman–Crippen MR) is 97.9 cm³/mol. The molecule has 2 aromatic rings. The van der Waals surface area contributed by atoms with E-state index in [0.717, 1.165) is 38.7 Å². The number of ether oxygens (including phenoxy) is 1. The molecule has 0 radical (unpaired) electrons. The number of fused-ring (bicyclic) bond motifs is 1. The van der Waals surface area contributed by atoms with Crippen LogP contribution < -0.4 is 0 Å². The first-order valence-electron chi connectivity index (χ1n) is 9.19. The summed E-state index contributed by atoms with van der Waals surface area (Å²) in [6.45, 7) is 2.09. The third kappa shape index (κ3) is 3.51. The summed E-state index contributed by atoms with van der Waals surface area (Å²) < 4.78 is 7.70. The Morgan fingerprint density at radius 1 is 1.40 bits per heavy atom. The number of rotatable bonds is 5. The Bertz CT molecular complexity index is 732. The average molecular weight is 359 g/mol. The first-order chi connectivity index (χ1) is 12.2. The van der Waals surface area contributed by atoms with Crippen LogP contribution in [0, 0.1) is 0 Å². The Morgan fingerprint density at radius 2 is 2.28 bits per heavy atom. The molecule has 1 amide bonds. The van der Waals surface area contributed by atoms with Gasteiger partial charge in [0.15, 0.2) is 5.69 Å². The van der Waals surface area contributed by atoms with Gasteiger partial charge in [0.05, 0.1) is 6.10 Å². The number of aromatic nitrogens is 2. The van der Waals surface area contributed by atoms with E-state index in [0.29, 0.717) is 18.8 Å². The Balaban J connectivity index is 1.60. The van der Waals surface area contributed by atoms with Crippen LogP contribution in [0.25, 0.3) is 0 Å². The van der Waals surface area contributed by atoms with Crippen molar-refractivity contribution in [2.24, 2.45) is 7.05 Å². The molecule has 3 heterocycles. The smallest absolute Gasteiger partial charge is 0.275 e. The molecular weight excluding hydrogens is 334 g/mol. The molecule has 1 aliphatic carbocycles. The first-order valence-corrected chi connectivity index (χ1v) is 10.1. The van der Waals surface area contributed by atoms with Crippen molar-refractivity contribution >= 4 is 17.2 Å². The maximum absolute atomic E-state index is 13.3. The largest absolute Gasteiger partial charge is 0.376 e. The van der Waals surface area contributed by atoms with E-state index >= 15 is 0 Å². The maximum atomic E-state index is 13.3. The molecule has 134 valence electrons. The van der Waals surface area contributed by atoms with Crippen LogP contribution in [-0.2, 0) is 31.2 Å². The summed E-state index contributed by atoms with van der Waals surface area (Å²) in [5.41, 5.74) is 4.25. The molecule has 0 bridgehead atoms. The minimum absolute atomic E-state index is 0.0560. The van der Waals surface area contributed by atoms with Crippen molar-refractivity contribution in [1.29, 1.82) is 0 Å². The molecule has 0 N–H and O–H groups in total. The molecular formula is C19H25N3O2S. The van der Waals surface area contributed by atoms with Crippen LogP contribution in [-0.4, -0.2) is 39.8 Å². The van der Waals surface area contributed by atoms with E-state index in [1.807, 2.05) is 16.6 Å². The van der Waals surface area contributed by atoms with Crippen molar-refractivity contribution in [3.63, 3.8) is 0 Å². The number of amides is 1. The zero-order valence-corrected chi connectivity index (χ0v) is 15.6. The van der Waals surface area contributed by atoms with E-state index in [4.69, 9.17) is 4.74 Å². The molecule has 2 aliphatic rings. The van der Waals surface area contributed by atoms with Gasteiger partial charge in [-0.1, -0.05) is 0 Å². The second kappa shape index (κ2) is 7.30. The number of thiophene rings is 1. The van der Waals surface area contributed by atoms with E-state index in [1.54, 1.807) is 11.3 Å². The molecule has 5 nitrogen and oxygen atoms in total. The van der Waals surface area contributed by atoms with Crippen LogP contribution in [0.2, 0.25) is 0 Å². The normalized spacial score (nSPS) is 19.8. The summed E-state index contributed by atoms with van der Waals surface area (Å²) in [6, 6.07) is 2.09. The van der Waals surface area contributed by atoms with Crippen LogP contribution in [0.4, 0.5) is 0 Å². The molecule has 4 rings (SSSR count). The molecule has 25 heavy (non-hydrogen) atoms. The summed E-state index contributed by atoms with van der Waals surface area (Å²) in [4.78, 5) is 15.3. The van der Waals surface area contributed by atoms with E-state index in [9.17, 15) is 4.79 Å². The minimum Gasteiger partial charge on any atom is -0.376 e. The Labute approximate surface area is 152 Å². The summed E-state index contributed by atoms with van der Waals surface area (Å²) in [6.07, 6.45) is 6.61. The van der Waals surface area contributed by atoms with Gasteiger partial charge in [-0.2, -0.15) is 16.4 Å². The lowest BCUT2D eigenvalue weighted by atomic mass is 9.95. The third-order valence-corrected chi connectivity index (χ3v) is 5.99. The van der Waals surface area contributed by atoms with E-state index in [-0.39, 0.29) is 12.0 Å². The highest BCUT2D eigenvalue weighted by Gasteiger charge is 2.29. The van der Waals surface area contributed by atoms with Gasteiger partial charge in [-0.25, -0.2) is 0 Å². The SMILES string of the molecule is Cn1nc(C(=O)N(Cc2ccsc2)C[C@H]2CCCO2)c2c1CCCC2. The fraction of sp³-hybridized carbons (Fsp3) is 0.579. The second-order valence-electron chi connectivity index (χ2n) is 7.06. The lowest BCUT2D eigenvalue weighted by Gasteiger charge is -2.25. The fourth-order valence-corrected chi connectivity index (χ4v) is 4.61. The summed E-state index contributed by atoms with van der Waals surface area (Å²) in [5.74, 6) is 0.0560. The van der Waals surface area contributed by atoms with Crippen LogP contribution in [0.1, 0.15) is 53.0 Å². The minimum atomic E-state index is 0.0560. The topological polar surface area (TPSA) is 47.4 Å². The molecule has 0 unspecified atom stereocenters. The van der Waals surface area contributed by atoms with Crippen LogP contribution in [0.5, 0.6) is 0 Å². The summed E-state index contributed by atoms with van der Waals surface area (Å²) in [5, 5.41) is 8.78. The highest BCUT2D eigenvalue weighted by Crippen LogP contribution is 2.26. The molecule has 6 heteroatoms. The van der Waals surface area contributed by atoms with Gasteiger partial charge in [0.25, 0.3) is 5.91 Å². The van der Waals surface area contributed by atoms with E-state index in [1.165, 1.54) is 23.2 Å². The molecule has 2 aromatic heterocycles. The zero-order valence-electron chi connectivity index (χ0n) is 14.7. The van der Waals surface area contributed by atoms with Gasteiger partial charge in [0.1, 0.15) is 0 Å². The highest BCUT2D eigenvalue weighted by atomic mass is 32.1. The lowest BCUT2D eigenvalue weighted by Crippen LogP contribution is -2.37. The number of carbonyl (C=O) groups excluding carboxylic acids is 1. The average Bonchev–Trinajstić information content (AvgIpc) is 3.36. The van der Waals surface area contributed by atoms with Gasteiger partial charge in [0, 0.05) is 38.0 Å². The molecule has 1 saturated heterocycles. The number of hydrogen-bond donors (Lipinski definition) is 0. The van der Waals surface area contributed by atoms with Crippen molar-refractivity contribution in [1.82, 2.24) is 14.7 Å². The van der Waals surface area contributed by atoms with Gasteiger partial charge in [-0.3, -0.25) is 9.48 Å². The van der Waals surface area contributed by atoms with Crippen molar-refractivity contribution in [3.8, 4) is 0 Å². The van der Waals surface area contributed by atoms with Crippen molar-refractivity contribution in [2.75, 3.05) is 13.2 Å². The van der Waals surface area contributed by atoms with Gasteiger partial charge in [-0.05, 0) is 60.9 Å². The Morgan fingerprint density at radius 3 is 3.04 bits per heavy atom. The van der Waals surface area contributed by atoms with Crippen LogP contribution >= 0.6 is 11.3 Å². The molecule has 1 fully saturated rings. The van der Waals surface area contributed by atoms with Crippen molar-refractivity contribution in [2.45, 2.75) is 51.2 Å². The molecule has 0 saturated carbocycles. The van der Waals surface area contributed by atoms with Gasteiger partial charge in [0.2, 0.25) is 0 Å². The van der Waals surface area contributed by atoms with Crippen molar-refractivity contribution in [3.05, 3.63) is 39.3 Å². The van der Waals surface area contributed by atoms with Crippen LogP contribution in [0.15, 0.2) is 16.8 Å². The first kappa shape index (κ1) is 16.8. The molecule has 0 aromatic carbocycles. The fourth-order valence-electron chi connectivity index (χ4n) is 3.95.